The van der Waals surface area contributed by atoms with Crippen LogP contribution < -0.4 is 0 Å². The third-order valence-electron chi connectivity index (χ3n) is 3.07. The molecule has 1 N–H and O–H groups in total. The highest BCUT2D eigenvalue weighted by Crippen LogP contribution is 2.40. The number of non-ortho nitro benzene ring substituents is 1. The number of hydrogen-bond acceptors (Lipinski definition) is 5. The summed E-state index contributed by atoms with van der Waals surface area (Å²) >= 11 is 0. The zero-order valence-electron chi connectivity index (χ0n) is 11.2. The average Bonchev–Trinajstić information content (AvgIpc) is 2.74. The quantitative estimate of drug-likeness (QED) is 0.667. The van der Waals surface area contributed by atoms with Crippen molar-refractivity contribution in [2.45, 2.75) is 25.2 Å². The van der Waals surface area contributed by atoms with E-state index in [-0.39, 0.29) is 16.3 Å². The number of hydrogen-bond donors (Lipinski definition) is 1. The number of nitro groups is 1. The molecule has 118 valence electrons. The van der Waals surface area contributed by atoms with Crippen molar-refractivity contribution in [3.8, 4) is 0 Å². The van der Waals surface area contributed by atoms with Gasteiger partial charge in [-0.25, -0.2) is 0 Å². The number of hydrazone groups is 1. The second-order valence-electron chi connectivity index (χ2n) is 4.75. The molecule has 0 aliphatic carbocycles. The SMILES string of the molecule is CC1=NN(C(=O)c2cccc([N+](=O)[O-])c2)C(O)(C(F)(F)F)C1. The van der Waals surface area contributed by atoms with E-state index in [0.717, 1.165) is 24.3 Å². The highest BCUT2D eigenvalue weighted by Gasteiger charge is 2.62. The molecule has 7 nitrogen and oxygen atoms in total. The van der Waals surface area contributed by atoms with Gasteiger partial charge >= 0.3 is 6.18 Å². The summed E-state index contributed by atoms with van der Waals surface area (Å²) in [6.45, 7) is 1.23. The summed E-state index contributed by atoms with van der Waals surface area (Å²) in [5, 5.41) is 23.8. The number of halogens is 3. The van der Waals surface area contributed by atoms with E-state index in [2.05, 4.69) is 5.10 Å². The Hall–Kier alpha value is -2.49. The van der Waals surface area contributed by atoms with Crippen molar-refractivity contribution < 1.29 is 28.0 Å². The van der Waals surface area contributed by atoms with Crippen molar-refractivity contribution in [3.05, 3.63) is 39.9 Å². The van der Waals surface area contributed by atoms with Crippen LogP contribution in [0.4, 0.5) is 18.9 Å². The van der Waals surface area contributed by atoms with Crippen molar-refractivity contribution in [2.24, 2.45) is 5.10 Å². The number of carbonyl (C=O) groups is 1. The van der Waals surface area contributed by atoms with Gasteiger partial charge in [0.25, 0.3) is 17.3 Å². The van der Waals surface area contributed by atoms with Crippen LogP contribution in [0, 0.1) is 10.1 Å². The molecule has 1 heterocycles. The van der Waals surface area contributed by atoms with Crippen LogP contribution in [0.25, 0.3) is 0 Å². The number of benzene rings is 1. The van der Waals surface area contributed by atoms with Gasteiger partial charge in [0.1, 0.15) is 0 Å². The van der Waals surface area contributed by atoms with Gasteiger partial charge in [-0.2, -0.15) is 23.3 Å². The second-order valence-corrected chi connectivity index (χ2v) is 4.75. The van der Waals surface area contributed by atoms with Crippen LogP contribution in [0.3, 0.4) is 0 Å². The summed E-state index contributed by atoms with van der Waals surface area (Å²) < 4.78 is 39.1. The summed E-state index contributed by atoms with van der Waals surface area (Å²) in [7, 11) is 0. The standard InChI is InChI=1S/C12H10F3N3O4/c1-7-6-11(20,12(13,14)15)17(16-7)10(19)8-3-2-4-9(5-8)18(21)22/h2-5,20H,6H2,1H3. The molecule has 0 fully saturated rings. The van der Waals surface area contributed by atoms with E-state index in [9.17, 15) is 33.2 Å². The van der Waals surface area contributed by atoms with Crippen molar-refractivity contribution in [3.63, 3.8) is 0 Å². The Morgan fingerprint density at radius 2 is 2.14 bits per heavy atom. The molecule has 0 bridgehead atoms. The van der Waals surface area contributed by atoms with Gasteiger partial charge in [-0.05, 0) is 13.0 Å². The first kappa shape index (κ1) is 15.9. The van der Waals surface area contributed by atoms with E-state index in [1.165, 1.54) is 6.92 Å². The highest BCUT2D eigenvalue weighted by atomic mass is 19.4. The van der Waals surface area contributed by atoms with Gasteiger partial charge in [-0.3, -0.25) is 14.9 Å². The number of carbonyl (C=O) groups excluding carboxylic acids is 1. The van der Waals surface area contributed by atoms with Crippen LogP contribution in [0.2, 0.25) is 0 Å². The molecule has 1 atom stereocenters. The Balaban J connectivity index is 2.43. The van der Waals surface area contributed by atoms with Gasteiger partial charge in [-0.15, -0.1) is 0 Å². The third-order valence-corrected chi connectivity index (χ3v) is 3.07. The molecule has 0 saturated heterocycles. The predicted octanol–water partition coefficient (Wildman–Crippen LogP) is 2.07. The van der Waals surface area contributed by atoms with E-state index < -0.39 is 34.8 Å². The molecule has 22 heavy (non-hydrogen) atoms. The Bertz CT molecular complexity index is 674. The molecule has 1 amide bonds. The van der Waals surface area contributed by atoms with Crippen molar-refractivity contribution in [1.82, 2.24) is 5.01 Å². The number of aliphatic hydroxyl groups is 1. The second kappa shape index (κ2) is 5.05. The molecule has 0 aromatic heterocycles. The molecular weight excluding hydrogens is 307 g/mol. The minimum absolute atomic E-state index is 0.0820. The van der Waals surface area contributed by atoms with Crippen molar-refractivity contribution in [2.75, 3.05) is 0 Å². The normalized spacial score (nSPS) is 21.7. The molecule has 1 aromatic carbocycles. The molecule has 2 rings (SSSR count). The molecule has 0 saturated carbocycles. The number of rotatable bonds is 2. The maximum Gasteiger partial charge on any atom is 0.438 e. The van der Waals surface area contributed by atoms with Crippen LogP contribution in [-0.4, -0.2) is 38.6 Å². The Morgan fingerprint density at radius 3 is 2.68 bits per heavy atom. The van der Waals surface area contributed by atoms with Crippen LogP contribution in [0.5, 0.6) is 0 Å². The molecule has 10 heteroatoms. The van der Waals surface area contributed by atoms with Gasteiger partial charge in [0, 0.05) is 29.8 Å². The third kappa shape index (κ3) is 2.52. The van der Waals surface area contributed by atoms with Crippen LogP contribution in [-0.2, 0) is 0 Å². The average molecular weight is 317 g/mol. The summed E-state index contributed by atoms with van der Waals surface area (Å²) in [4.78, 5) is 22.0. The fourth-order valence-corrected chi connectivity index (χ4v) is 2.03. The number of nitrogens with zero attached hydrogens (tertiary/aromatic N) is 3. The number of amides is 1. The largest absolute Gasteiger partial charge is 0.438 e. The first-order valence-corrected chi connectivity index (χ1v) is 5.98. The van der Waals surface area contributed by atoms with Gasteiger partial charge in [0.2, 0.25) is 0 Å². The van der Waals surface area contributed by atoms with Crippen molar-refractivity contribution >= 4 is 17.3 Å². The highest BCUT2D eigenvalue weighted by molar-refractivity contribution is 5.98. The Labute approximate surface area is 121 Å². The summed E-state index contributed by atoms with van der Waals surface area (Å²) in [5.41, 5.74) is -4.38. The lowest BCUT2D eigenvalue weighted by Gasteiger charge is -2.32. The smallest absolute Gasteiger partial charge is 0.362 e. The topological polar surface area (TPSA) is 96.0 Å². The maximum atomic E-state index is 13.0. The minimum atomic E-state index is -5.12. The van der Waals surface area contributed by atoms with E-state index in [1.54, 1.807) is 0 Å². The van der Waals surface area contributed by atoms with E-state index >= 15 is 0 Å². The molecular formula is C12H10F3N3O4. The molecule has 1 aromatic rings. The van der Waals surface area contributed by atoms with Gasteiger partial charge in [-0.1, -0.05) is 6.07 Å². The van der Waals surface area contributed by atoms with Crippen LogP contribution in [0.15, 0.2) is 29.4 Å². The van der Waals surface area contributed by atoms with Gasteiger partial charge < -0.3 is 5.11 Å². The van der Waals surface area contributed by atoms with E-state index in [0.29, 0.717) is 0 Å². The summed E-state index contributed by atoms with van der Waals surface area (Å²) in [5.74, 6) is -1.28. The fourth-order valence-electron chi connectivity index (χ4n) is 2.03. The van der Waals surface area contributed by atoms with Gasteiger partial charge in [0.15, 0.2) is 0 Å². The lowest BCUT2D eigenvalue weighted by atomic mass is 10.1. The molecule has 0 spiro atoms. The van der Waals surface area contributed by atoms with Crippen LogP contribution >= 0.6 is 0 Å². The summed E-state index contributed by atoms with van der Waals surface area (Å²) in [6, 6.07) is 4.17. The maximum absolute atomic E-state index is 13.0. The van der Waals surface area contributed by atoms with Gasteiger partial charge in [0.05, 0.1) is 4.92 Å². The zero-order valence-corrected chi connectivity index (χ0v) is 11.2. The predicted molar refractivity (Wildman–Crippen MR) is 68.0 cm³/mol. The Kier molecular flexibility index (Phi) is 3.65. The molecule has 1 unspecified atom stereocenters. The lowest BCUT2D eigenvalue weighted by molar-refractivity contribution is -0.384. The first-order chi connectivity index (χ1) is 10.1. The first-order valence-electron chi connectivity index (χ1n) is 5.98. The molecule has 1 aliphatic heterocycles. The van der Waals surface area contributed by atoms with Crippen molar-refractivity contribution in [1.29, 1.82) is 0 Å². The fraction of sp³-hybridized carbons (Fsp3) is 0.333. The minimum Gasteiger partial charge on any atom is -0.362 e. The zero-order chi connectivity index (χ0) is 16.7. The lowest BCUT2D eigenvalue weighted by Crippen LogP contribution is -2.56. The summed E-state index contributed by atoms with van der Waals surface area (Å²) in [6.07, 6.45) is -6.00. The Morgan fingerprint density at radius 1 is 1.50 bits per heavy atom. The van der Waals surface area contributed by atoms with Crippen LogP contribution in [0.1, 0.15) is 23.7 Å². The monoisotopic (exact) mass is 317 g/mol. The number of alkyl halides is 3. The number of nitro benzene ring substituents is 1. The van der Waals surface area contributed by atoms with E-state index in [1.807, 2.05) is 0 Å². The molecule has 1 aliphatic rings. The van der Waals surface area contributed by atoms with E-state index in [4.69, 9.17) is 0 Å². The molecule has 0 radical (unpaired) electrons.